The van der Waals surface area contributed by atoms with Crippen LogP contribution in [-0.2, 0) is 4.79 Å². The molecule has 0 bridgehead atoms. The van der Waals surface area contributed by atoms with Crippen LogP contribution >= 0.6 is 27.5 Å². The quantitative estimate of drug-likeness (QED) is 0.696. The first-order valence-electron chi connectivity index (χ1n) is 7.64. The van der Waals surface area contributed by atoms with Gasteiger partial charge in [-0.1, -0.05) is 11.6 Å². The lowest BCUT2D eigenvalue weighted by Crippen LogP contribution is -2.43. The van der Waals surface area contributed by atoms with Crippen LogP contribution in [0.3, 0.4) is 0 Å². The van der Waals surface area contributed by atoms with Gasteiger partial charge in [0.25, 0.3) is 11.8 Å². The van der Waals surface area contributed by atoms with Crippen molar-refractivity contribution in [3.63, 3.8) is 0 Å². The van der Waals surface area contributed by atoms with Crippen molar-refractivity contribution in [2.24, 2.45) is 0 Å². The molecule has 138 valence electrons. The SMILES string of the molecule is COc1ccc(C(=O)NNC(=O)COc2cc(C)c(Cl)c(C)c2)cc1Br. The molecule has 6 nitrogen and oxygen atoms in total. The monoisotopic (exact) mass is 440 g/mol. The minimum atomic E-state index is -0.490. The lowest BCUT2D eigenvalue weighted by atomic mass is 10.1. The molecule has 2 rings (SSSR count). The second kappa shape index (κ2) is 8.91. The number of rotatable bonds is 5. The standard InChI is InChI=1S/C18H18BrClN2O4/c1-10-6-13(7-11(2)17(10)20)26-9-16(23)21-22-18(24)12-4-5-15(25-3)14(19)8-12/h4-8H,9H2,1-3H3,(H,21,23)(H,22,24). The maximum atomic E-state index is 12.1. The predicted octanol–water partition coefficient (Wildman–Crippen LogP) is 3.57. The van der Waals surface area contributed by atoms with Crippen molar-refractivity contribution in [2.75, 3.05) is 13.7 Å². The van der Waals surface area contributed by atoms with Gasteiger partial charge in [0.1, 0.15) is 11.5 Å². The van der Waals surface area contributed by atoms with Crippen LogP contribution in [0.25, 0.3) is 0 Å². The van der Waals surface area contributed by atoms with Gasteiger partial charge < -0.3 is 9.47 Å². The molecule has 8 heteroatoms. The highest BCUT2D eigenvalue weighted by Crippen LogP contribution is 2.26. The molecule has 2 aromatic carbocycles. The van der Waals surface area contributed by atoms with Crippen LogP contribution in [0.15, 0.2) is 34.8 Å². The first-order valence-corrected chi connectivity index (χ1v) is 8.81. The van der Waals surface area contributed by atoms with Crippen molar-refractivity contribution in [2.45, 2.75) is 13.8 Å². The zero-order valence-electron chi connectivity index (χ0n) is 14.5. The van der Waals surface area contributed by atoms with Crippen LogP contribution in [0.5, 0.6) is 11.5 Å². The molecule has 2 aromatic rings. The summed E-state index contributed by atoms with van der Waals surface area (Å²) >= 11 is 9.39. The van der Waals surface area contributed by atoms with Gasteiger partial charge in [-0.15, -0.1) is 0 Å². The molecule has 0 unspecified atom stereocenters. The molecule has 0 aromatic heterocycles. The molecule has 0 saturated heterocycles. The van der Waals surface area contributed by atoms with E-state index in [1.165, 1.54) is 7.11 Å². The molecule has 0 atom stereocenters. The molecular formula is C18H18BrClN2O4. The molecule has 0 aliphatic heterocycles. The van der Waals surface area contributed by atoms with Gasteiger partial charge in [-0.2, -0.15) is 0 Å². The number of carbonyl (C=O) groups excluding carboxylic acids is 2. The fourth-order valence-electron chi connectivity index (χ4n) is 2.18. The predicted molar refractivity (Wildman–Crippen MR) is 103 cm³/mol. The average Bonchev–Trinajstić information content (AvgIpc) is 2.62. The lowest BCUT2D eigenvalue weighted by molar-refractivity contribution is -0.123. The third-order valence-electron chi connectivity index (χ3n) is 3.51. The number of hydrogen-bond acceptors (Lipinski definition) is 4. The van der Waals surface area contributed by atoms with Crippen LogP contribution in [-0.4, -0.2) is 25.5 Å². The van der Waals surface area contributed by atoms with Crippen LogP contribution in [0.4, 0.5) is 0 Å². The van der Waals surface area contributed by atoms with E-state index >= 15 is 0 Å². The molecule has 0 fully saturated rings. The van der Waals surface area contributed by atoms with E-state index in [4.69, 9.17) is 21.1 Å². The Balaban J connectivity index is 1.86. The van der Waals surface area contributed by atoms with Crippen molar-refractivity contribution >= 4 is 39.3 Å². The van der Waals surface area contributed by atoms with Gasteiger partial charge in [0, 0.05) is 10.6 Å². The smallest absolute Gasteiger partial charge is 0.276 e. The maximum absolute atomic E-state index is 12.1. The molecule has 2 N–H and O–H groups in total. The number of hydrogen-bond donors (Lipinski definition) is 2. The van der Waals surface area contributed by atoms with Gasteiger partial charge in [-0.25, -0.2) is 0 Å². The number of methoxy groups -OCH3 is 1. The second-order valence-corrected chi connectivity index (χ2v) is 6.74. The topological polar surface area (TPSA) is 76.7 Å². The summed E-state index contributed by atoms with van der Waals surface area (Å²) in [4.78, 5) is 23.9. The summed E-state index contributed by atoms with van der Waals surface area (Å²) in [7, 11) is 1.53. The molecule has 0 spiro atoms. The number of carbonyl (C=O) groups is 2. The van der Waals surface area contributed by atoms with Crippen molar-refractivity contribution in [1.29, 1.82) is 0 Å². The van der Waals surface area contributed by atoms with Crippen LogP contribution in [0.1, 0.15) is 21.5 Å². The first-order chi connectivity index (χ1) is 12.3. The summed E-state index contributed by atoms with van der Waals surface area (Å²) in [6.07, 6.45) is 0. The van der Waals surface area contributed by atoms with Crippen molar-refractivity contribution in [3.05, 3.63) is 56.5 Å². The van der Waals surface area contributed by atoms with Gasteiger partial charge in [0.05, 0.1) is 11.6 Å². The van der Waals surface area contributed by atoms with E-state index < -0.39 is 11.8 Å². The van der Waals surface area contributed by atoms with Crippen LogP contribution in [0, 0.1) is 13.8 Å². The van der Waals surface area contributed by atoms with E-state index in [9.17, 15) is 9.59 Å². The first kappa shape index (κ1) is 20.1. The van der Waals surface area contributed by atoms with E-state index in [0.29, 0.717) is 26.6 Å². The summed E-state index contributed by atoms with van der Waals surface area (Å²) in [5, 5.41) is 0.666. The lowest BCUT2D eigenvalue weighted by Gasteiger charge is -2.11. The van der Waals surface area contributed by atoms with Crippen LogP contribution < -0.4 is 20.3 Å². The fourth-order valence-corrected chi connectivity index (χ4v) is 2.83. The van der Waals surface area contributed by atoms with Gasteiger partial charge in [-0.05, 0) is 71.2 Å². The maximum Gasteiger partial charge on any atom is 0.276 e. The Morgan fingerprint density at radius 1 is 1.12 bits per heavy atom. The number of aryl methyl sites for hydroxylation is 2. The summed E-state index contributed by atoms with van der Waals surface area (Å²) in [6.45, 7) is 3.47. The molecule has 0 aliphatic carbocycles. The number of amides is 2. The fraction of sp³-hybridized carbons (Fsp3) is 0.222. The van der Waals surface area contributed by atoms with E-state index in [0.717, 1.165) is 11.1 Å². The Kier molecular flexibility index (Phi) is 6.88. The average molecular weight is 442 g/mol. The third kappa shape index (κ3) is 5.12. The molecule has 0 saturated carbocycles. The number of ether oxygens (including phenoxy) is 2. The van der Waals surface area contributed by atoms with Gasteiger partial charge >= 0.3 is 0 Å². The molecule has 0 heterocycles. The zero-order chi connectivity index (χ0) is 19.3. The minimum absolute atomic E-state index is 0.243. The number of benzene rings is 2. The Hall–Kier alpha value is -2.25. The molecule has 2 amide bonds. The van der Waals surface area contributed by atoms with E-state index in [2.05, 4.69) is 26.8 Å². The molecule has 0 radical (unpaired) electrons. The molecule has 0 aliphatic rings. The van der Waals surface area contributed by atoms with Crippen LogP contribution in [0.2, 0.25) is 5.02 Å². The van der Waals surface area contributed by atoms with Crippen molar-refractivity contribution in [3.8, 4) is 11.5 Å². The highest BCUT2D eigenvalue weighted by Gasteiger charge is 2.11. The normalized spacial score (nSPS) is 10.2. The Bertz CT molecular complexity index is 819. The van der Waals surface area contributed by atoms with E-state index in [1.54, 1.807) is 30.3 Å². The second-order valence-electron chi connectivity index (χ2n) is 5.51. The number of nitrogens with one attached hydrogen (secondary N) is 2. The number of hydrazine groups is 1. The highest BCUT2D eigenvalue weighted by atomic mass is 79.9. The molecule has 26 heavy (non-hydrogen) atoms. The summed E-state index contributed by atoms with van der Waals surface area (Å²) in [6, 6.07) is 8.32. The van der Waals surface area contributed by atoms with Gasteiger partial charge in [0.15, 0.2) is 6.61 Å². The Labute approximate surface area is 164 Å². The summed E-state index contributed by atoms with van der Waals surface area (Å²) < 4.78 is 11.2. The van der Waals surface area contributed by atoms with E-state index in [1.807, 2.05) is 13.8 Å². The Morgan fingerprint density at radius 2 is 1.77 bits per heavy atom. The summed E-state index contributed by atoms with van der Waals surface area (Å²) in [5.41, 5.74) is 6.72. The minimum Gasteiger partial charge on any atom is -0.496 e. The third-order valence-corrected chi connectivity index (χ3v) is 4.73. The van der Waals surface area contributed by atoms with E-state index in [-0.39, 0.29) is 6.61 Å². The van der Waals surface area contributed by atoms with Crippen molar-refractivity contribution < 1.29 is 19.1 Å². The highest BCUT2D eigenvalue weighted by molar-refractivity contribution is 9.10. The largest absolute Gasteiger partial charge is 0.496 e. The number of halogens is 2. The van der Waals surface area contributed by atoms with Gasteiger partial charge in [-0.3, -0.25) is 20.4 Å². The summed E-state index contributed by atoms with van der Waals surface area (Å²) in [5.74, 6) is 0.188. The Morgan fingerprint density at radius 3 is 2.35 bits per heavy atom. The molecular weight excluding hydrogens is 424 g/mol. The zero-order valence-corrected chi connectivity index (χ0v) is 16.8. The van der Waals surface area contributed by atoms with Gasteiger partial charge in [0.2, 0.25) is 0 Å². The van der Waals surface area contributed by atoms with Crippen molar-refractivity contribution in [1.82, 2.24) is 10.9 Å².